The van der Waals surface area contributed by atoms with Crippen molar-refractivity contribution >= 4 is 17.3 Å². The minimum absolute atomic E-state index is 0.461. The summed E-state index contributed by atoms with van der Waals surface area (Å²) in [6.07, 6.45) is 8.38. The Kier molecular flexibility index (Phi) is 5.03. The minimum Gasteiger partial charge on any atom is -0.384 e. The number of nitrogens with two attached hydrogens (primary N) is 1. The van der Waals surface area contributed by atoms with Crippen LogP contribution in [0, 0.1) is 0 Å². The highest BCUT2D eigenvalue weighted by Crippen LogP contribution is 2.26. The Morgan fingerprint density at radius 1 is 0.966 bits per heavy atom. The summed E-state index contributed by atoms with van der Waals surface area (Å²) in [5, 5.41) is 8.43. The Morgan fingerprint density at radius 3 is 2.55 bits per heavy atom. The van der Waals surface area contributed by atoms with Gasteiger partial charge >= 0.3 is 0 Å². The van der Waals surface area contributed by atoms with Crippen LogP contribution in [0.5, 0.6) is 0 Å². The van der Waals surface area contributed by atoms with Gasteiger partial charge in [0.2, 0.25) is 0 Å². The van der Waals surface area contributed by atoms with Gasteiger partial charge in [-0.25, -0.2) is 14.5 Å². The summed E-state index contributed by atoms with van der Waals surface area (Å²) in [5.41, 5.74) is 8.38. The molecule has 2 aliphatic rings. The number of nitrogen functional groups attached to an aromatic ring is 1. The lowest BCUT2D eigenvalue weighted by Crippen LogP contribution is -2.46. The number of ether oxygens (including phenoxy) is 1. The molecule has 5 rings (SSSR count). The zero-order chi connectivity index (χ0) is 19.6. The third-order valence-electron chi connectivity index (χ3n) is 6.06. The number of hydrogen-bond acceptors (Lipinski definition) is 7. The van der Waals surface area contributed by atoms with E-state index in [-0.39, 0.29) is 0 Å². The number of fused-ring (bicyclic) bond motifs is 1. The number of rotatable bonds is 4. The Hall–Kier alpha value is -2.71. The van der Waals surface area contributed by atoms with E-state index >= 15 is 0 Å². The molecule has 0 radical (unpaired) electrons. The molecular formula is C21H27N7O. The molecule has 1 aliphatic carbocycles. The first-order chi connectivity index (χ1) is 14.3. The normalized spacial score (nSPS) is 23.3. The zero-order valence-electron chi connectivity index (χ0n) is 16.5. The third kappa shape index (κ3) is 3.90. The summed E-state index contributed by atoms with van der Waals surface area (Å²) in [6.45, 7) is 3.90. The molecule has 8 heteroatoms. The number of pyridine rings is 1. The lowest BCUT2D eigenvalue weighted by Gasteiger charge is -2.39. The molecule has 0 amide bonds. The second kappa shape index (κ2) is 7.96. The van der Waals surface area contributed by atoms with Crippen molar-refractivity contribution in [3.8, 4) is 11.3 Å². The van der Waals surface area contributed by atoms with Gasteiger partial charge in [0.1, 0.15) is 11.6 Å². The Morgan fingerprint density at radius 2 is 1.79 bits per heavy atom. The van der Waals surface area contributed by atoms with Gasteiger partial charge in [-0.15, -0.1) is 5.10 Å². The number of nitrogens with zero attached hydrogens (tertiary/aromatic N) is 5. The second-order valence-corrected chi connectivity index (χ2v) is 7.90. The SMILES string of the molecule is Nc1ccc(-c2cnc3ccc(NC4CCC(N5CCOCC5)CC4)nn23)cn1. The van der Waals surface area contributed by atoms with Crippen LogP contribution in [0.2, 0.25) is 0 Å². The van der Waals surface area contributed by atoms with Crippen LogP contribution in [-0.2, 0) is 4.74 Å². The van der Waals surface area contributed by atoms with Crippen LogP contribution in [0.4, 0.5) is 11.6 Å². The predicted octanol–water partition coefficient (Wildman–Crippen LogP) is 2.43. The van der Waals surface area contributed by atoms with Crippen molar-refractivity contribution in [2.45, 2.75) is 37.8 Å². The molecule has 8 nitrogen and oxygen atoms in total. The van der Waals surface area contributed by atoms with E-state index in [4.69, 9.17) is 15.6 Å². The predicted molar refractivity (Wildman–Crippen MR) is 113 cm³/mol. The quantitative estimate of drug-likeness (QED) is 0.703. The first kappa shape index (κ1) is 18.3. The number of anilines is 2. The molecule has 0 bridgehead atoms. The maximum Gasteiger partial charge on any atom is 0.154 e. The van der Waals surface area contributed by atoms with Gasteiger partial charge < -0.3 is 15.8 Å². The van der Waals surface area contributed by atoms with Crippen LogP contribution in [0.25, 0.3) is 16.9 Å². The van der Waals surface area contributed by atoms with Crippen LogP contribution in [0.1, 0.15) is 25.7 Å². The summed E-state index contributed by atoms with van der Waals surface area (Å²) < 4.78 is 7.36. The van der Waals surface area contributed by atoms with E-state index in [1.54, 1.807) is 12.3 Å². The molecule has 1 aliphatic heterocycles. The zero-order valence-corrected chi connectivity index (χ0v) is 16.5. The number of morpholine rings is 1. The number of hydrogen-bond donors (Lipinski definition) is 2. The number of imidazole rings is 1. The molecule has 3 aromatic rings. The maximum atomic E-state index is 5.71. The van der Waals surface area contributed by atoms with Gasteiger partial charge in [-0.3, -0.25) is 4.90 Å². The monoisotopic (exact) mass is 393 g/mol. The molecule has 3 aromatic heterocycles. The second-order valence-electron chi connectivity index (χ2n) is 7.90. The van der Waals surface area contributed by atoms with Crippen molar-refractivity contribution < 1.29 is 4.74 Å². The van der Waals surface area contributed by atoms with Crippen molar-refractivity contribution in [1.82, 2.24) is 24.5 Å². The molecule has 2 fully saturated rings. The Balaban J connectivity index is 1.27. The first-order valence-electron chi connectivity index (χ1n) is 10.4. The highest BCUT2D eigenvalue weighted by molar-refractivity contribution is 5.63. The van der Waals surface area contributed by atoms with Crippen LogP contribution in [-0.4, -0.2) is 62.9 Å². The van der Waals surface area contributed by atoms with Crippen molar-refractivity contribution in [1.29, 1.82) is 0 Å². The van der Waals surface area contributed by atoms with E-state index in [2.05, 4.69) is 20.2 Å². The summed E-state index contributed by atoms with van der Waals surface area (Å²) >= 11 is 0. The van der Waals surface area contributed by atoms with Gasteiger partial charge in [0.15, 0.2) is 5.65 Å². The van der Waals surface area contributed by atoms with Gasteiger partial charge in [-0.2, -0.15) is 0 Å². The largest absolute Gasteiger partial charge is 0.384 e. The summed E-state index contributed by atoms with van der Waals surface area (Å²) in [4.78, 5) is 11.2. The average molecular weight is 393 g/mol. The third-order valence-corrected chi connectivity index (χ3v) is 6.06. The molecule has 4 heterocycles. The van der Waals surface area contributed by atoms with Crippen LogP contribution in [0.15, 0.2) is 36.7 Å². The molecule has 152 valence electrons. The molecule has 29 heavy (non-hydrogen) atoms. The van der Waals surface area contributed by atoms with E-state index in [1.807, 2.05) is 28.9 Å². The van der Waals surface area contributed by atoms with Crippen molar-refractivity contribution in [3.05, 3.63) is 36.7 Å². The van der Waals surface area contributed by atoms with Crippen LogP contribution in [0.3, 0.4) is 0 Å². The minimum atomic E-state index is 0.461. The topological polar surface area (TPSA) is 93.6 Å². The Labute approximate surface area is 170 Å². The number of nitrogens with one attached hydrogen (secondary N) is 1. The standard InChI is InChI=1S/C21H27N7O/c22-19-6-1-15(13-23-19)18-14-24-21-8-7-20(26-28(18)21)25-16-2-4-17(5-3-16)27-9-11-29-12-10-27/h1,6-8,13-14,16-17H,2-5,9-12H2,(H2,22,23)(H,25,26). The average Bonchev–Trinajstić information content (AvgIpc) is 3.19. The molecule has 1 saturated carbocycles. The van der Waals surface area contributed by atoms with Crippen LogP contribution < -0.4 is 11.1 Å². The fourth-order valence-electron chi connectivity index (χ4n) is 4.44. The summed E-state index contributed by atoms with van der Waals surface area (Å²) in [7, 11) is 0. The molecule has 1 saturated heterocycles. The van der Waals surface area contributed by atoms with Gasteiger partial charge in [0.05, 0.1) is 25.1 Å². The molecule has 0 aromatic carbocycles. The van der Waals surface area contributed by atoms with E-state index < -0.39 is 0 Å². The first-order valence-corrected chi connectivity index (χ1v) is 10.4. The maximum absolute atomic E-state index is 5.71. The molecule has 0 unspecified atom stereocenters. The van der Waals surface area contributed by atoms with Gasteiger partial charge in [0.25, 0.3) is 0 Å². The van der Waals surface area contributed by atoms with E-state index in [0.717, 1.165) is 49.0 Å². The highest BCUT2D eigenvalue weighted by Gasteiger charge is 2.27. The smallest absolute Gasteiger partial charge is 0.154 e. The summed E-state index contributed by atoms with van der Waals surface area (Å²) in [6, 6.07) is 8.92. The van der Waals surface area contributed by atoms with Crippen molar-refractivity contribution in [2.24, 2.45) is 0 Å². The van der Waals surface area contributed by atoms with E-state index in [1.165, 1.54) is 25.7 Å². The molecular weight excluding hydrogens is 366 g/mol. The van der Waals surface area contributed by atoms with E-state index in [0.29, 0.717) is 17.9 Å². The lowest BCUT2D eigenvalue weighted by atomic mass is 9.90. The van der Waals surface area contributed by atoms with Gasteiger partial charge in [-0.05, 0) is 49.9 Å². The Bertz CT molecular complexity index is 957. The van der Waals surface area contributed by atoms with Crippen molar-refractivity contribution in [3.63, 3.8) is 0 Å². The fourth-order valence-corrected chi connectivity index (χ4v) is 4.44. The fraction of sp³-hybridized carbons (Fsp3) is 0.476. The van der Waals surface area contributed by atoms with Gasteiger partial charge in [0, 0.05) is 36.9 Å². The van der Waals surface area contributed by atoms with Crippen LogP contribution >= 0.6 is 0 Å². The molecule has 3 N–H and O–H groups in total. The lowest BCUT2D eigenvalue weighted by molar-refractivity contribution is 0.00790. The van der Waals surface area contributed by atoms with Crippen molar-refractivity contribution in [2.75, 3.05) is 37.4 Å². The van der Waals surface area contributed by atoms with E-state index in [9.17, 15) is 0 Å². The highest BCUT2D eigenvalue weighted by atomic mass is 16.5. The number of aromatic nitrogens is 4. The summed E-state index contributed by atoms with van der Waals surface area (Å²) in [5.74, 6) is 1.39. The molecule has 0 atom stereocenters. The van der Waals surface area contributed by atoms with Gasteiger partial charge in [-0.1, -0.05) is 0 Å². The molecule has 0 spiro atoms.